The molecular formula is C6H3Cl2F2NO2S. The van der Waals surface area contributed by atoms with E-state index in [4.69, 9.17) is 22.3 Å². The van der Waals surface area contributed by atoms with Crippen LogP contribution in [0.25, 0.3) is 0 Å². The predicted octanol–water partition coefficient (Wildman–Crippen LogP) is 2.60. The van der Waals surface area contributed by atoms with E-state index in [2.05, 4.69) is 4.98 Å². The summed E-state index contributed by atoms with van der Waals surface area (Å²) in [6, 6.07) is 1.96. The van der Waals surface area contributed by atoms with E-state index in [-0.39, 0.29) is 5.15 Å². The molecular weight excluding hydrogens is 259 g/mol. The fraction of sp³-hybridized carbons (Fsp3) is 0.167. The Kier molecular flexibility index (Phi) is 3.28. The molecule has 0 N–H and O–H groups in total. The fourth-order valence-electron chi connectivity index (χ4n) is 0.800. The minimum Gasteiger partial charge on any atom is -0.234 e. The second-order valence-corrected chi connectivity index (χ2v) is 5.18. The quantitative estimate of drug-likeness (QED) is 0.608. The summed E-state index contributed by atoms with van der Waals surface area (Å²) >= 11 is 5.33. The second-order valence-electron chi connectivity index (χ2n) is 2.26. The first-order valence-electron chi connectivity index (χ1n) is 3.21. The largest absolute Gasteiger partial charge is 0.281 e. The van der Waals surface area contributed by atoms with Gasteiger partial charge in [0.2, 0.25) is 0 Å². The molecule has 0 saturated heterocycles. The van der Waals surface area contributed by atoms with E-state index in [0.717, 1.165) is 12.1 Å². The van der Waals surface area contributed by atoms with Crippen molar-refractivity contribution in [2.24, 2.45) is 0 Å². The van der Waals surface area contributed by atoms with E-state index in [1.165, 1.54) is 0 Å². The third kappa shape index (κ3) is 2.52. The SMILES string of the molecule is O=S(=O)(Cl)c1ccc(Cl)nc1C(F)F. The van der Waals surface area contributed by atoms with Crippen LogP contribution in [-0.4, -0.2) is 13.4 Å². The van der Waals surface area contributed by atoms with Gasteiger partial charge in [0.15, 0.2) is 0 Å². The van der Waals surface area contributed by atoms with Crippen molar-refractivity contribution in [1.29, 1.82) is 0 Å². The van der Waals surface area contributed by atoms with Gasteiger partial charge in [0.1, 0.15) is 15.7 Å². The number of hydrogen-bond acceptors (Lipinski definition) is 3. The highest BCUT2D eigenvalue weighted by atomic mass is 35.7. The van der Waals surface area contributed by atoms with Gasteiger partial charge in [0.25, 0.3) is 15.5 Å². The topological polar surface area (TPSA) is 47.0 Å². The molecule has 3 nitrogen and oxygen atoms in total. The van der Waals surface area contributed by atoms with Crippen molar-refractivity contribution in [3.8, 4) is 0 Å². The number of nitrogens with zero attached hydrogens (tertiary/aromatic N) is 1. The molecule has 0 aliphatic heterocycles. The van der Waals surface area contributed by atoms with Crippen LogP contribution in [-0.2, 0) is 9.05 Å². The molecule has 0 radical (unpaired) electrons. The van der Waals surface area contributed by atoms with E-state index in [0.29, 0.717) is 0 Å². The van der Waals surface area contributed by atoms with Crippen molar-refractivity contribution in [2.45, 2.75) is 11.3 Å². The fourth-order valence-corrected chi connectivity index (χ4v) is 1.96. The zero-order chi connectivity index (χ0) is 10.9. The Morgan fingerprint density at radius 1 is 1.36 bits per heavy atom. The molecule has 1 rings (SSSR count). The monoisotopic (exact) mass is 261 g/mol. The maximum Gasteiger partial charge on any atom is 0.281 e. The number of aromatic nitrogens is 1. The molecule has 0 aliphatic rings. The third-order valence-electron chi connectivity index (χ3n) is 1.32. The zero-order valence-corrected chi connectivity index (χ0v) is 8.74. The van der Waals surface area contributed by atoms with Crippen molar-refractivity contribution >= 4 is 31.3 Å². The smallest absolute Gasteiger partial charge is 0.234 e. The van der Waals surface area contributed by atoms with Gasteiger partial charge in [-0.2, -0.15) is 0 Å². The van der Waals surface area contributed by atoms with E-state index in [1.54, 1.807) is 0 Å². The molecule has 0 saturated carbocycles. The van der Waals surface area contributed by atoms with Gasteiger partial charge >= 0.3 is 0 Å². The van der Waals surface area contributed by atoms with Gasteiger partial charge < -0.3 is 0 Å². The van der Waals surface area contributed by atoms with Crippen LogP contribution in [0.5, 0.6) is 0 Å². The predicted molar refractivity (Wildman–Crippen MR) is 47.2 cm³/mol. The van der Waals surface area contributed by atoms with E-state index in [9.17, 15) is 17.2 Å². The molecule has 0 spiro atoms. The highest BCUT2D eigenvalue weighted by Gasteiger charge is 2.23. The molecule has 78 valence electrons. The highest BCUT2D eigenvalue weighted by molar-refractivity contribution is 8.13. The van der Waals surface area contributed by atoms with Gasteiger partial charge in [-0.15, -0.1) is 0 Å². The summed E-state index contributed by atoms with van der Waals surface area (Å²) in [5.74, 6) is 0. The van der Waals surface area contributed by atoms with Crippen LogP contribution >= 0.6 is 22.3 Å². The lowest BCUT2D eigenvalue weighted by Gasteiger charge is -2.04. The Labute approximate surface area is 88.1 Å². The van der Waals surface area contributed by atoms with Crippen LogP contribution in [0.3, 0.4) is 0 Å². The summed E-state index contributed by atoms with van der Waals surface area (Å²) in [5.41, 5.74) is -0.937. The van der Waals surface area contributed by atoms with Crippen molar-refractivity contribution in [1.82, 2.24) is 4.98 Å². The Morgan fingerprint density at radius 2 is 1.93 bits per heavy atom. The lowest BCUT2D eigenvalue weighted by molar-refractivity contribution is 0.142. The third-order valence-corrected chi connectivity index (χ3v) is 2.90. The first kappa shape index (κ1) is 11.6. The molecule has 0 aromatic carbocycles. The Morgan fingerprint density at radius 3 is 2.36 bits per heavy atom. The van der Waals surface area contributed by atoms with E-state index >= 15 is 0 Å². The molecule has 0 fully saturated rings. The number of rotatable bonds is 2. The Balaban J connectivity index is 3.45. The van der Waals surface area contributed by atoms with Crippen molar-refractivity contribution in [3.63, 3.8) is 0 Å². The van der Waals surface area contributed by atoms with Crippen LogP contribution < -0.4 is 0 Å². The lowest BCUT2D eigenvalue weighted by atomic mass is 10.3. The van der Waals surface area contributed by atoms with Crippen molar-refractivity contribution in [3.05, 3.63) is 23.0 Å². The number of hydrogen-bond donors (Lipinski definition) is 0. The average molecular weight is 262 g/mol. The zero-order valence-electron chi connectivity index (χ0n) is 6.42. The molecule has 0 atom stereocenters. The molecule has 0 amide bonds. The van der Waals surface area contributed by atoms with Crippen LogP contribution in [0, 0.1) is 0 Å². The van der Waals surface area contributed by atoms with Crippen LogP contribution in [0.1, 0.15) is 12.1 Å². The molecule has 8 heteroatoms. The summed E-state index contributed by atoms with van der Waals surface area (Å²) < 4.78 is 46.2. The Hall–Kier alpha value is -0.460. The molecule has 0 bridgehead atoms. The molecule has 14 heavy (non-hydrogen) atoms. The van der Waals surface area contributed by atoms with Crippen LogP contribution in [0.15, 0.2) is 17.0 Å². The number of alkyl halides is 2. The van der Waals surface area contributed by atoms with Crippen LogP contribution in [0.2, 0.25) is 5.15 Å². The minimum atomic E-state index is -4.22. The Bertz CT molecular complexity index is 449. The number of pyridine rings is 1. The summed E-state index contributed by atoms with van der Waals surface area (Å²) in [6.07, 6.45) is -3.04. The first-order valence-corrected chi connectivity index (χ1v) is 5.90. The maximum atomic E-state index is 12.3. The van der Waals surface area contributed by atoms with E-state index in [1.807, 2.05) is 0 Å². The summed E-state index contributed by atoms with van der Waals surface area (Å²) in [4.78, 5) is 2.47. The van der Waals surface area contributed by atoms with E-state index < -0.39 is 26.1 Å². The maximum absolute atomic E-state index is 12.3. The first-order chi connectivity index (χ1) is 6.32. The standard InChI is InChI=1S/C6H3Cl2F2NO2S/c7-4-2-1-3(14(8,12)13)5(11-4)6(9)10/h1-2,6H. The summed E-state index contributed by atoms with van der Waals surface area (Å²) in [7, 11) is 0.692. The normalized spacial score (nSPS) is 12.1. The lowest BCUT2D eigenvalue weighted by Crippen LogP contribution is -2.01. The van der Waals surface area contributed by atoms with Gasteiger partial charge in [-0.1, -0.05) is 11.6 Å². The van der Waals surface area contributed by atoms with Gasteiger partial charge in [0, 0.05) is 10.7 Å². The van der Waals surface area contributed by atoms with Crippen LogP contribution in [0.4, 0.5) is 8.78 Å². The molecule has 0 aliphatic carbocycles. The molecule has 1 aromatic heterocycles. The summed E-state index contributed by atoms with van der Waals surface area (Å²) in [5, 5.41) is -0.218. The second kappa shape index (κ2) is 3.96. The summed E-state index contributed by atoms with van der Waals surface area (Å²) in [6.45, 7) is 0. The number of halogens is 4. The van der Waals surface area contributed by atoms with Gasteiger partial charge in [-0.05, 0) is 12.1 Å². The average Bonchev–Trinajstić information content (AvgIpc) is 2.01. The van der Waals surface area contributed by atoms with Crippen molar-refractivity contribution in [2.75, 3.05) is 0 Å². The molecule has 1 heterocycles. The van der Waals surface area contributed by atoms with Gasteiger partial charge in [-0.3, -0.25) is 0 Å². The minimum absolute atomic E-state index is 0.218. The molecule has 0 unspecified atom stereocenters. The van der Waals surface area contributed by atoms with Crippen molar-refractivity contribution < 1.29 is 17.2 Å². The highest BCUT2D eigenvalue weighted by Crippen LogP contribution is 2.28. The van der Waals surface area contributed by atoms with Gasteiger partial charge in [-0.25, -0.2) is 22.2 Å². The van der Waals surface area contributed by atoms with Gasteiger partial charge in [0.05, 0.1) is 0 Å². The molecule has 1 aromatic rings.